The minimum atomic E-state index is -4.52. The number of nitrogens with one attached hydrogen (secondary N) is 1. The van der Waals surface area contributed by atoms with Crippen molar-refractivity contribution in [1.82, 2.24) is 20.1 Å². The highest BCUT2D eigenvalue weighted by Gasteiger charge is 2.32. The quantitative estimate of drug-likeness (QED) is 0.195. The fourth-order valence-corrected chi connectivity index (χ4v) is 7.17. The molecule has 0 radical (unpaired) electrons. The molecule has 0 spiro atoms. The van der Waals surface area contributed by atoms with Crippen LogP contribution in [0.3, 0.4) is 0 Å². The third-order valence-corrected chi connectivity index (χ3v) is 9.61. The summed E-state index contributed by atoms with van der Waals surface area (Å²) in [5, 5.41) is 3.81. The predicted molar refractivity (Wildman–Crippen MR) is 184 cm³/mol. The second-order valence-corrected chi connectivity index (χ2v) is 13.4. The summed E-state index contributed by atoms with van der Waals surface area (Å²) in [5.41, 5.74) is 2.48. The maximum atomic E-state index is 14.5. The molecule has 0 unspecified atom stereocenters. The molecule has 2 saturated heterocycles. The van der Waals surface area contributed by atoms with Crippen LogP contribution >= 0.6 is 0 Å². The van der Waals surface area contributed by atoms with Crippen LogP contribution in [0.15, 0.2) is 72.8 Å². The van der Waals surface area contributed by atoms with E-state index in [1.807, 2.05) is 57.2 Å². The SMILES string of the molecule is CC(C)Oc1ccc2nc(-c3cccc(C(F)(F)F)c3)c(CN3CCC(N4CCCCC4)CC3)c(C(=O)N[C@@H](C)c3ccccc3)c2c1. The van der Waals surface area contributed by atoms with E-state index in [0.717, 1.165) is 56.7 Å². The number of halogens is 3. The van der Waals surface area contributed by atoms with Crippen LogP contribution in [-0.4, -0.2) is 59.0 Å². The van der Waals surface area contributed by atoms with Gasteiger partial charge in [0.1, 0.15) is 5.75 Å². The summed E-state index contributed by atoms with van der Waals surface area (Å²) in [6, 6.07) is 20.6. The molecule has 6 nitrogen and oxygen atoms in total. The second-order valence-electron chi connectivity index (χ2n) is 13.4. The van der Waals surface area contributed by atoms with Crippen molar-refractivity contribution in [3.05, 3.63) is 95.1 Å². The van der Waals surface area contributed by atoms with E-state index >= 15 is 0 Å². The van der Waals surface area contributed by atoms with Gasteiger partial charge in [0.2, 0.25) is 0 Å². The third-order valence-electron chi connectivity index (χ3n) is 9.61. The molecule has 3 aromatic carbocycles. The van der Waals surface area contributed by atoms with Gasteiger partial charge in [-0.25, -0.2) is 4.98 Å². The zero-order valence-electron chi connectivity index (χ0n) is 28.0. The van der Waals surface area contributed by atoms with E-state index in [0.29, 0.717) is 51.6 Å². The average Bonchev–Trinajstić information content (AvgIpc) is 3.08. The number of pyridine rings is 1. The lowest BCUT2D eigenvalue weighted by atomic mass is 9.93. The minimum Gasteiger partial charge on any atom is -0.491 e. The fourth-order valence-electron chi connectivity index (χ4n) is 7.17. The molecule has 1 N–H and O–H groups in total. The van der Waals surface area contributed by atoms with Crippen molar-refractivity contribution in [2.45, 2.75) is 83.8 Å². The molecule has 48 heavy (non-hydrogen) atoms. The minimum absolute atomic E-state index is 0.0872. The van der Waals surface area contributed by atoms with Crippen LogP contribution in [0, 0.1) is 0 Å². The molecule has 1 amide bonds. The number of fused-ring (bicyclic) bond motifs is 1. The molecule has 1 atom stereocenters. The number of amides is 1. The largest absolute Gasteiger partial charge is 0.491 e. The van der Waals surface area contributed by atoms with Gasteiger partial charge in [0.15, 0.2) is 0 Å². The predicted octanol–water partition coefficient (Wildman–Crippen LogP) is 8.65. The highest BCUT2D eigenvalue weighted by atomic mass is 19.4. The fraction of sp³-hybridized carbons (Fsp3) is 0.436. The Balaban J connectivity index is 1.46. The number of piperidine rings is 2. The van der Waals surface area contributed by atoms with Crippen molar-refractivity contribution in [2.24, 2.45) is 0 Å². The van der Waals surface area contributed by atoms with Gasteiger partial charge in [0.25, 0.3) is 5.91 Å². The number of aromatic nitrogens is 1. The molecular weight excluding hydrogens is 613 g/mol. The van der Waals surface area contributed by atoms with Crippen LogP contribution in [-0.2, 0) is 12.7 Å². The van der Waals surface area contributed by atoms with E-state index in [1.165, 1.54) is 25.3 Å². The number of carbonyl (C=O) groups excluding carboxylic acids is 1. The Kier molecular flexibility index (Phi) is 10.4. The number of carbonyl (C=O) groups is 1. The van der Waals surface area contributed by atoms with Crippen LogP contribution in [0.1, 0.15) is 86.0 Å². The molecule has 2 fully saturated rings. The maximum Gasteiger partial charge on any atom is 0.416 e. The smallest absolute Gasteiger partial charge is 0.416 e. The summed E-state index contributed by atoms with van der Waals surface area (Å²) < 4.78 is 47.9. The van der Waals surface area contributed by atoms with Crippen molar-refractivity contribution in [3.63, 3.8) is 0 Å². The van der Waals surface area contributed by atoms with E-state index in [1.54, 1.807) is 18.2 Å². The Labute approximate surface area is 281 Å². The maximum absolute atomic E-state index is 14.5. The van der Waals surface area contributed by atoms with Crippen molar-refractivity contribution in [3.8, 4) is 17.0 Å². The summed E-state index contributed by atoms with van der Waals surface area (Å²) in [6.45, 7) is 10.1. The normalized spacial score (nSPS) is 17.5. The molecule has 3 heterocycles. The number of nitrogens with zero attached hydrogens (tertiary/aromatic N) is 3. The van der Waals surface area contributed by atoms with Gasteiger partial charge < -0.3 is 15.0 Å². The molecule has 0 bridgehead atoms. The molecule has 6 rings (SSSR count). The molecule has 2 aliphatic heterocycles. The summed E-state index contributed by atoms with van der Waals surface area (Å²) in [5.74, 6) is 0.302. The Morgan fingerprint density at radius 1 is 0.917 bits per heavy atom. The first-order valence-corrected chi connectivity index (χ1v) is 17.2. The van der Waals surface area contributed by atoms with Crippen LogP contribution in [0.25, 0.3) is 22.2 Å². The molecule has 254 valence electrons. The van der Waals surface area contributed by atoms with Gasteiger partial charge in [-0.2, -0.15) is 13.2 Å². The highest BCUT2D eigenvalue weighted by Crippen LogP contribution is 2.37. The Morgan fingerprint density at radius 3 is 2.33 bits per heavy atom. The van der Waals surface area contributed by atoms with Gasteiger partial charge in [-0.15, -0.1) is 0 Å². The molecule has 0 aliphatic carbocycles. The number of alkyl halides is 3. The Bertz CT molecular complexity index is 1710. The lowest BCUT2D eigenvalue weighted by Crippen LogP contribution is -2.46. The zero-order chi connectivity index (χ0) is 33.8. The monoisotopic (exact) mass is 658 g/mol. The summed E-state index contributed by atoms with van der Waals surface area (Å²) >= 11 is 0. The molecule has 1 aromatic heterocycles. The number of hydrogen-bond acceptors (Lipinski definition) is 5. The van der Waals surface area contributed by atoms with Crippen molar-refractivity contribution in [2.75, 3.05) is 26.2 Å². The number of hydrogen-bond donors (Lipinski definition) is 1. The van der Waals surface area contributed by atoms with Gasteiger partial charge in [0.05, 0.1) is 34.5 Å². The Morgan fingerprint density at radius 2 is 1.65 bits per heavy atom. The van der Waals surface area contributed by atoms with E-state index in [4.69, 9.17) is 9.72 Å². The molecule has 2 aliphatic rings. The van der Waals surface area contributed by atoms with Gasteiger partial charge in [-0.3, -0.25) is 9.69 Å². The second kappa shape index (κ2) is 14.7. The summed E-state index contributed by atoms with van der Waals surface area (Å²) in [6.07, 6.45) is 1.20. The lowest BCUT2D eigenvalue weighted by Gasteiger charge is -2.40. The van der Waals surface area contributed by atoms with Crippen LogP contribution in [0.2, 0.25) is 0 Å². The highest BCUT2D eigenvalue weighted by molar-refractivity contribution is 6.09. The number of benzene rings is 3. The first-order chi connectivity index (χ1) is 23.1. The van der Waals surface area contributed by atoms with Crippen LogP contribution in [0.4, 0.5) is 13.2 Å². The zero-order valence-corrected chi connectivity index (χ0v) is 28.0. The third kappa shape index (κ3) is 7.84. The topological polar surface area (TPSA) is 57.7 Å². The van der Waals surface area contributed by atoms with Crippen molar-refractivity contribution < 1.29 is 22.7 Å². The summed E-state index contributed by atoms with van der Waals surface area (Å²) in [7, 11) is 0. The molecule has 0 saturated carbocycles. The van der Waals surface area contributed by atoms with E-state index in [-0.39, 0.29) is 18.1 Å². The van der Waals surface area contributed by atoms with Gasteiger partial charge in [-0.1, -0.05) is 48.9 Å². The van der Waals surface area contributed by atoms with Gasteiger partial charge in [0, 0.05) is 29.1 Å². The molecule has 9 heteroatoms. The van der Waals surface area contributed by atoms with Gasteiger partial charge >= 0.3 is 6.18 Å². The van der Waals surface area contributed by atoms with E-state index in [2.05, 4.69) is 15.1 Å². The molecule has 4 aromatic rings. The first-order valence-electron chi connectivity index (χ1n) is 17.2. The average molecular weight is 659 g/mol. The number of ether oxygens (including phenoxy) is 1. The van der Waals surface area contributed by atoms with Crippen LogP contribution < -0.4 is 10.1 Å². The van der Waals surface area contributed by atoms with E-state index < -0.39 is 11.7 Å². The van der Waals surface area contributed by atoms with Gasteiger partial charge in [-0.05, 0) is 109 Å². The standard InChI is InChI=1S/C39H45F3N4O2/c1-26(2)48-32-15-16-35-33(24-32)36(38(47)43-27(3)28-11-6-4-7-12-28)34(37(44-35)29-13-10-14-30(23-29)39(40,41)42)25-45-21-17-31(18-22-45)46-19-8-5-9-20-46/h4,6-7,10-16,23-24,26-27,31H,5,8-9,17-22,25H2,1-3H3,(H,43,47)/t27-/m0/s1. The Hall–Kier alpha value is -3.95. The van der Waals surface area contributed by atoms with E-state index in [9.17, 15) is 18.0 Å². The first kappa shape index (κ1) is 33.9. The number of rotatable bonds is 9. The lowest BCUT2D eigenvalue weighted by molar-refractivity contribution is -0.137. The van der Waals surface area contributed by atoms with Crippen molar-refractivity contribution in [1.29, 1.82) is 0 Å². The molecular formula is C39H45F3N4O2. The van der Waals surface area contributed by atoms with Crippen molar-refractivity contribution >= 4 is 16.8 Å². The van der Waals surface area contributed by atoms with Crippen LogP contribution in [0.5, 0.6) is 5.75 Å². The number of likely N-dealkylation sites (tertiary alicyclic amines) is 2. The summed E-state index contributed by atoms with van der Waals surface area (Å²) in [4.78, 5) is 24.5.